The molecule has 0 N–H and O–H groups in total. The minimum Gasteiger partial charge on any atom is -0.493 e. The highest BCUT2D eigenvalue weighted by molar-refractivity contribution is 5.79. The summed E-state index contributed by atoms with van der Waals surface area (Å²) in [5.74, 6) is 1.31. The molecule has 0 spiro atoms. The highest BCUT2D eigenvalue weighted by Gasteiger charge is 2.42. The van der Waals surface area contributed by atoms with Gasteiger partial charge in [-0.25, -0.2) is 0 Å². The maximum absolute atomic E-state index is 12.3. The van der Waals surface area contributed by atoms with Crippen LogP contribution in [0.15, 0.2) is 23.8 Å². The van der Waals surface area contributed by atoms with E-state index in [2.05, 4.69) is 6.08 Å². The Morgan fingerprint density at radius 1 is 1.42 bits per heavy atom. The van der Waals surface area contributed by atoms with E-state index in [0.29, 0.717) is 24.3 Å². The Hall–Kier alpha value is -2.57. The molecule has 7 heteroatoms. The van der Waals surface area contributed by atoms with Gasteiger partial charge in [0.2, 0.25) is 12.5 Å². The Labute approximate surface area is 152 Å². The number of nitrogens with zero attached hydrogens (tertiary/aromatic N) is 2. The van der Waals surface area contributed by atoms with Crippen molar-refractivity contribution in [2.45, 2.75) is 37.7 Å². The Kier molecular flexibility index (Phi) is 5.15. The van der Waals surface area contributed by atoms with Gasteiger partial charge in [0, 0.05) is 43.3 Å². The molecule has 1 amide bonds. The number of hydrogen-bond acceptors (Lipinski definition) is 5. The summed E-state index contributed by atoms with van der Waals surface area (Å²) in [6.45, 7) is -0.133. The van der Waals surface area contributed by atoms with Gasteiger partial charge in [0.15, 0.2) is 11.5 Å². The Morgan fingerprint density at radius 3 is 2.85 bits per heavy atom. The quantitative estimate of drug-likeness (QED) is 0.442. The molecule has 0 radical (unpaired) electrons. The number of fused-ring (bicyclic) bond motifs is 3. The van der Waals surface area contributed by atoms with Crippen LogP contribution < -0.4 is 9.47 Å². The monoisotopic (exact) mass is 360 g/mol. The molecule has 1 aromatic rings. The summed E-state index contributed by atoms with van der Waals surface area (Å²) >= 11 is 0. The van der Waals surface area contributed by atoms with Crippen molar-refractivity contribution in [3.63, 3.8) is 0 Å². The van der Waals surface area contributed by atoms with E-state index in [1.165, 1.54) is 0 Å². The third kappa shape index (κ3) is 3.38. The largest absolute Gasteiger partial charge is 0.493 e. The number of nitro groups is 1. The minimum atomic E-state index is -0.308. The van der Waals surface area contributed by atoms with Crippen LogP contribution in [0.4, 0.5) is 0 Å². The first-order valence-electron chi connectivity index (χ1n) is 8.79. The van der Waals surface area contributed by atoms with Gasteiger partial charge in [-0.2, -0.15) is 0 Å². The van der Waals surface area contributed by atoms with Crippen LogP contribution in [-0.4, -0.2) is 49.6 Å². The van der Waals surface area contributed by atoms with Crippen molar-refractivity contribution in [2.24, 2.45) is 0 Å². The maximum Gasteiger partial charge on any atom is 0.226 e. The van der Waals surface area contributed by atoms with Crippen LogP contribution in [0.25, 0.3) is 0 Å². The summed E-state index contributed by atoms with van der Waals surface area (Å²) in [6.07, 6.45) is 4.46. The summed E-state index contributed by atoms with van der Waals surface area (Å²) in [4.78, 5) is 24.4. The molecule has 1 aromatic carbocycles. The summed E-state index contributed by atoms with van der Waals surface area (Å²) in [5, 5.41) is 10.9. The summed E-state index contributed by atoms with van der Waals surface area (Å²) < 4.78 is 11.6. The normalized spacial score (nSPS) is 20.5. The SMILES string of the molecule is COc1ccc(CC[N+](=O)[O-])c2c1O[C@H]1CCC=C(CC(=O)N(C)C)C21. The van der Waals surface area contributed by atoms with Crippen LogP contribution in [0, 0.1) is 10.1 Å². The van der Waals surface area contributed by atoms with Crippen LogP contribution in [0.5, 0.6) is 11.5 Å². The maximum atomic E-state index is 12.3. The van der Waals surface area contributed by atoms with E-state index < -0.39 is 0 Å². The van der Waals surface area contributed by atoms with E-state index in [4.69, 9.17) is 9.47 Å². The molecule has 2 atom stereocenters. The smallest absolute Gasteiger partial charge is 0.226 e. The van der Waals surface area contributed by atoms with Crippen LogP contribution in [0.3, 0.4) is 0 Å². The van der Waals surface area contributed by atoms with E-state index in [-0.39, 0.29) is 29.4 Å². The van der Waals surface area contributed by atoms with Gasteiger partial charge in [-0.1, -0.05) is 17.7 Å². The molecule has 7 nitrogen and oxygen atoms in total. The number of ether oxygens (including phenoxy) is 2. The predicted molar refractivity (Wildman–Crippen MR) is 96.3 cm³/mol. The van der Waals surface area contributed by atoms with Crippen LogP contribution in [-0.2, 0) is 11.2 Å². The molecule has 1 unspecified atom stereocenters. The molecule has 1 aliphatic carbocycles. The first-order chi connectivity index (χ1) is 12.4. The lowest BCUT2D eigenvalue weighted by atomic mass is 9.78. The zero-order valence-electron chi connectivity index (χ0n) is 15.4. The van der Waals surface area contributed by atoms with E-state index in [1.54, 1.807) is 32.2 Å². The second-order valence-electron chi connectivity index (χ2n) is 6.93. The van der Waals surface area contributed by atoms with E-state index in [1.807, 2.05) is 6.07 Å². The summed E-state index contributed by atoms with van der Waals surface area (Å²) in [6, 6.07) is 3.69. The fourth-order valence-corrected chi connectivity index (χ4v) is 3.80. The van der Waals surface area contributed by atoms with Gasteiger partial charge < -0.3 is 14.4 Å². The number of benzene rings is 1. The van der Waals surface area contributed by atoms with Crippen LogP contribution in [0.2, 0.25) is 0 Å². The van der Waals surface area contributed by atoms with E-state index >= 15 is 0 Å². The highest BCUT2D eigenvalue weighted by atomic mass is 16.6. The zero-order chi connectivity index (χ0) is 18.8. The Bertz CT molecular complexity index is 757. The molecule has 2 aliphatic rings. The predicted octanol–water partition coefficient (Wildman–Crippen LogP) is 2.56. The number of rotatable bonds is 6. The van der Waals surface area contributed by atoms with E-state index in [0.717, 1.165) is 29.5 Å². The molecule has 0 saturated carbocycles. The average molecular weight is 360 g/mol. The van der Waals surface area contributed by atoms with Crippen molar-refractivity contribution in [3.8, 4) is 11.5 Å². The fourth-order valence-electron chi connectivity index (χ4n) is 3.80. The van der Waals surface area contributed by atoms with Crippen molar-refractivity contribution >= 4 is 5.91 Å². The third-order valence-electron chi connectivity index (χ3n) is 5.10. The van der Waals surface area contributed by atoms with Crippen molar-refractivity contribution < 1.29 is 19.2 Å². The lowest BCUT2D eigenvalue weighted by Gasteiger charge is -2.27. The molecule has 3 rings (SSSR count). The molecule has 1 aliphatic heterocycles. The molecule has 0 bridgehead atoms. The first kappa shape index (κ1) is 18.2. The Balaban J connectivity index is 2.01. The fraction of sp³-hybridized carbons (Fsp3) is 0.526. The molecule has 1 heterocycles. The number of carbonyl (C=O) groups excluding carboxylic acids is 1. The molecular formula is C19H24N2O5. The minimum absolute atomic E-state index is 0.0417. The standard InChI is InChI=1S/C19H24N2O5/c1-20(2)16(22)11-13-5-4-6-14-17(13)18-12(9-10-21(23)24)7-8-15(25-3)19(18)26-14/h5,7-8,14,17H,4,6,9-11H2,1-3H3/t14-,17?/m0/s1. The van der Waals surface area contributed by atoms with Gasteiger partial charge in [0.25, 0.3) is 0 Å². The molecular weight excluding hydrogens is 336 g/mol. The van der Waals surface area contributed by atoms with Gasteiger partial charge in [-0.15, -0.1) is 0 Å². The number of allylic oxidation sites excluding steroid dienone is 1. The molecule has 140 valence electrons. The molecule has 26 heavy (non-hydrogen) atoms. The van der Waals surface area contributed by atoms with Crippen molar-refractivity contribution in [2.75, 3.05) is 27.7 Å². The lowest BCUT2D eigenvalue weighted by Crippen LogP contribution is -2.28. The third-order valence-corrected chi connectivity index (χ3v) is 5.10. The average Bonchev–Trinajstić information content (AvgIpc) is 3.00. The lowest BCUT2D eigenvalue weighted by molar-refractivity contribution is -0.479. The number of amides is 1. The molecule has 0 saturated heterocycles. The summed E-state index contributed by atoms with van der Waals surface area (Å²) in [5.41, 5.74) is 2.89. The molecule has 0 fully saturated rings. The second-order valence-corrected chi connectivity index (χ2v) is 6.93. The van der Waals surface area contributed by atoms with Gasteiger partial charge in [0.05, 0.1) is 7.11 Å². The number of carbonyl (C=O) groups is 1. The van der Waals surface area contributed by atoms with Gasteiger partial charge >= 0.3 is 0 Å². The first-order valence-corrected chi connectivity index (χ1v) is 8.79. The van der Waals surface area contributed by atoms with Crippen molar-refractivity contribution in [1.82, 2.24) is 4.90 Å². The van der Waals surface area contributed by atoms with E-state index in [9.17, 15) is 14.9 Å². The van der Waals surface area contributed by atoms with Gasteiger partial charge in [0.1, 0.15) is 6.10 Å². The topological polar surface area (TPSA) is 81.9 Å². The van der Waals surface area contributed by atoms with Crippen LogP contribution >= 0.6 is 0 Å². The second kappa shape index (κ2) is 7.35. The van der Waals surface area contributed by atoms with Crippen LogP contribution in [0.1, 0.15) is 36.3 Å². The number of methoxy groups -OCH3 is 1. The van der Waals surface area contributed by atoms with Gasteiger partial charge in [-0.05, 0) is 24.5 Å². The van der Waals surface area contributed by atoms with Crippen molar-refractivity contribution in [3.05, 3.63) is 45.0 Å². The van der Waals surface area contributed by atoms with Crippen molar-refractivity contribution in [1.29, 1.82) is 0 Å². The highest BCUT2D eigenvalue weighted by Crippen LogP contribution is 2.52. The molecule has 0 aromatic heterocycles. The number of hydrogen-bond donors (Lipinski definition) is 0. The Morgan fingerprint density at radius 2 is 2.19 bits per heavy atom. The van der Waals surface area contributed by atoms with Gasteiger partial charge in [-0.3, -0.25) is 14.9 Å². The zero-order valence-corrected chi connectivity index (χ0v) is 15.4. The summed E-state index contributed by atoms with van der Waals surface area (Å²) in [7, 11) is 5.08.